The number of tetrazole rings is 1. The Morgan fingerprint density at radius 1 is 1.07 bits per heavy atom. The summed E-state index contributed by atoms with van der Waals surface area (Å²) in [4.78, 5) is 14.1. The van der Waals surface area contributed by atoms with Gasteiger partial charge < -0.3 is 9.64 Å². The van der Waals surface area contributed by atoms with Gasteiger partial charge in [0.1, 0.15) is 5.75 Å². The number of fused-ring (bicyclic) bond motifs is 3. The van der Waals surface area contributed by atoms with Crippen LogP contribution in [0.25, 0.3) is 16.6 Å². The van der Waals surface area contributed by atoms with E-state index in [2.05, 4.69) is 47.6 Å². The number of rotatable bonds is 5. The number of methoxy groups -OCH3 is 1. The molecule has 4 aromatic rings. The van der Waals surface area contributed by atoms with Crippen LogP contribution in [0.15, 0.2) is 42.5 Å². The van der Waals surface area contributed by atoms with Crippen LogP contribution >= 0.6 is 0 Å². The van der Waals surface area contributed by atoms with Crippen LogP contribution in [0.1, 0.15) is 29.2 Å². The van der Waals surface area contributed by atoms with E-state index >= 15 is 0 Å². The van der Waals surface area contributed by atoms with Crippen molar-refractivity contribution in [2.24, 2.45) is 0 Å². The molecule has 0 saturated carbocycles. The minimum atomic E-state index is -0.00775. The van der Waals surface area contributed by atoms with Gasteiger partial charge in [0.15, 0.2) is 5.65 Å². The first kappa shape index (κ1) is 18.9. The summed E-state index contributed by atoms with van der Waals surface area (Å²) >= 11 is 0. The number of benzene rings is 2. The normalized spacial score (nSPS) is 11.2. The zero-order valence-electron chi connectivity index (χ0n) is 17.0. The smallest absolute Gasteiger partial charge is 0.220 e. The molecular formula is C22H23N5O2. The number of carbonyl (C=O) groups is 1. The highest BCUT2D eigenvalue weighted by Crippen LogP contribution is 2.24. The van der Waals surface area contributed by atoms with Crippen LogP contribution in [-0.2, 0) is 17.9 Å². The molecule has 0 unspecified atom stereocenters. The Labute approximate surface area is 168 Å². The van der Waals surface area contributed by atoms with Gasteiger partial charge >= 0.3 is 0 Å². The number of aryl methyl sites for hydroxylation is 2. The van der Waals surface area contributed by atoms with Crippen LogP contribution in [-0.4, -0.2) is 38.0 Å². The highest BCUT2D eigenvalue weighted by molar-refractivity contribution is 5.84. The summed E-state index contributed by atoms with van der Waals surface area (Å²) in [7, 11) is 1.64. The van der Waals surface area contributed by atoms with E-state index in [4.69, 9.17) is 4.74 Å². The quantitative estimate of drug-likeness (QED) is 0.523. The van der Waals surface area contributed by atoms with Crippen molar-refractivity contribution < 1.29 is 9.53 Å². The number of pyridine rings is 1. The summed E-state index contributed by atoms with van der Waals surface area (Å²) in [6, 6.07) is 14.0. The van der Waals surface area contributed by atoms with E-state index in [0.717, 1.165) is 27.8 Å². The largest absolute Gasteiger partial charge is 0.497 e. The lowest BCUT2D eigenvalue weighted by Gasteiger charge is -2.22. The average Bonchev–Trinajstić information content (AvgIpc) is 3.20. The first-order chi connectivity index (χ1) is 14.0. The Morgan fingerprint density at radius 3 is 2.48 bits per heavy atom. The van der Waals surface area contributed by atoms with Crippen molar-refractivity contribution in [3.8, 4) is 5.75 Å². The Balaban J connectivity index is 1.72. The maximum absolute atomic E-state index is 12.4. The predicted octanol–water partition coefficient (Wildman–Crippen LogP) is 3.45. The highest BCUT2D eigenvalue weighted by atomic mass is 16.5. The van der Waals surface area contributed by atoms with Gasteiger partial charge in [0, 0.05) is 31.0 Å². The first-order valence-corrected chi connectivity index (χ1v) is 9.45. The average molecular weight is 389 g/mol. The number of aromatic nitrogens is 4. The monoisotopic (exact) mass is 389 g/mol. The van der Waals surface area contributed by atoms with Crippen molar-refractivity contribution in [2.75, 3.05) is 7.11 Å². The van der Waals surface area contributed by atoms with Crippen molar-refractivity contribution in [2.45, 2.75) is 33.9 Å². The van der Waals surface area contributed by atoms with Gasteiger partial charge in [-0.3, -0.25) is 4.79 Å². The van der Waals surface area contributed by atoms with Gasteiger partial charge in [-0.2, -0.15) is 4.52 Å². The molecule has 1 amide bonds. The van der Waals surface area contributed by atoms with E-state index in [9.17, 15) is 4.79 Å². The van der Waals surface area contributed by atoms with Crippen molar-refractivity contribution >= 4 is 22.5 Å². The highest BCUT2D eigenvalue weighted by Gasteiger charge is 2.16. The summed E-state index contributed by atoms with van der Waals surface area (Å²) in [5.74, 6) is 0.784. The molecule has 2 heterocycles. The second-order valence-corrected chi connectivity index (χ2v) is 7.30. The molecule has 0 radical (unpaired) electrons. The predicted molar refractivity (Wildman–Crippen MR) is 111 cm³/mol. The molecule has 2 aromatic carbocycles. The van der Waals surface area contributed by atoms with Gasteiger partial charge in [-0.05, 0) is 71.3 Å². The van der Waals surface area contributed by atoms with Gasteiger partial charge in [0.25, 0.3) is 0 Å². The molecule has 7 heteroatoms. The van der Waals surface area contributed by atoms with Crippen molar-refractivity contribution in [1.29, 1.82) is 0 Å². The Morgan fingerprint density at radius 2 is 1.79 bits per heavy atom. The second kappa shape index (κ2) is 7.50. The first-order valence-electron chi connectivity index (χ1n) is 9.45. The van der Waals surface area contributed by atoms with Gasteiger partial charge in [-0.1, -0.05) is 12.1 Å². The summed E-state index contributed by atoms with van der Waals surface area (Å²) in [5.41, 5.74) is 5.96. The lowest BCUT2D eigenvalue weighted by atomic mass is 10.0. The van der Waals surface area contributed by atoms with E-state index in [-0.39, 0.29) is 5.91 Å². The van der Waals surface area contributed by atoms with E-state index in [0.29, 0.717) is 18.7 Å². The number of amides is 1. The second-order valence-electron chi connectivity index (χ2n) is 7.30. The number of nitrogens with zero attached hydrogens (tertiary/aromatic N) is 5. The third kappa shape index (κ3) is 3.63. The van der Waals surface area contributed by atoms with Gasteiger partial charge in [-0.15, -0.1) is 5.10 Å². The molecule has 2 aromatic heterocycles. The number of hydrogen-bond donors (Lipinski definition) is 0. The third-order valence-corrected chi connectivity index (χ3v) is 5.30. The van der Waals surface area contributed by atoms with Gasteiger partial charge in [0.05, 0.1) is 12.6 Å². The van der Waals surface area contributed by atoms with Gasteiger partial charge in [-0.25, -0.2) is 0 Å². The van der Waals surface area contributed by atoms with Crippen molar-refractivity contribution in [1.82, 2.24) is 24.9 Å². The Hall–Kier alpha value is -3.48. The number of ether oxygens (including phenoxy) is 1. The molecular weight excluding hydrogens is 366 g/mol. The van der Waals surface area contributed by atoms with Crippen LogP contribution in [0.3, 0.4) is 0 Å². The minimum absolute atomic E-state index is 0.00775. The van der Waals surface area contributed by atoms with E-state index in [1.54, 1.807) is 23.4 Å². The van der Waals surface area contributed by atoms with E-state index in [1.165, 1.54) is 11.1 Å². The maximum Gasteiger partial charge on any atom is 0.220 e. The summed E-state index contributed by atoms with van der Waals surface area (Å²) in [5, 5.41) is 13.3. The zero-order chi connectivity index (χ0) is 20.5. The molecule has 148 valence electrons. The summed E-state index contributed by atoms with van der Waals surface area (Å²) < 4.78 is 6.96. The fourth-order valence-electron chi connectivity index (χ4n) is 3.48. The third-order valence-electron chi connectivity index (χ3n) is 5.30. The van der Waals surface area contributed by atoms with Crippen LogP contribution in [0.2, 0.25) is 0 Å². The molecule has 0 aliphatic heterocycles. The SMILES string of the molecule is COc1ccc(CN(Cc2cc3cc(C)c(C)cc3n3nnnc23)C(C)=O)cc1. The molecule has 0 spiro atoms. The fourth-order valence-corrected chi connectivity index (χ4v) is 3.48. The molecule has 29 heavy (non-hydrogen) atoms. The van der Waals surface area contributed by atoms with Crippen LogP contribution in [0, 0.1) is 13.8 Å². The van der Waals surface area contributed by atoms with Crippen molar-refractivity contribution in [3.05, 3.63) is 64.7 Å². The molecule has 0 saturated heterocycles. The van der Waals surface area contributed by atoms with E-state index in [1.807, 2.05) is 24.3 Å². The zero-order valence-corrected chi connectivity index (χ0v) is 17.0. The maximum atomic E-state index is 12.4. The Kier molecular flexibility index (Phi) is 4.88. The van der Waals surface area contributed by atoms with Crippen molar-refractivity contribution in [3.63, 3.8) is 0 Å². The van der Waals surface area contributed by atoms with Crippen LogP contribution in [0.4, 0.5) is 0 Å². The van der Waals surface area contributed by atoms with Gasteiger partial charge in [0.2, 0.25) is 5.91 Å². The summed E-state index contributed by atoms with van der Waals surface area (Å²) in [6.45, 7) is 6.67. The Bertz CT molecular complexity index is 1200. The lowest BCUT2D eigenvalue weighted by Crippen LogP contribution is -2.28. The molecule has 4 rings (SSSR count). The topological polar surface area (TPSA) is 72.6 Å². The molecule has 0 bridgehead atoms. The molecule has 0 aliphatic rings. The summed E-state index contributed by atoms with van der Waals surface area (Å²) in [6.07, 6.45) is 0. The molecule has 7 nitrogen and oxygen atoms in total. The van der Waals surface area contributed by atoms with Crippen LogP contribution in [0.5, 0.6) is 5.75 Å². The standard InChI is InChI=1S/C22H23N5O2/c1-14-9-18-11-19(22-23-24-25-27(22)21(18)10-15(14)2)13-26(16(3)28)12-17-5-7-20(29-4)8-6-17/h5-11H,12-13H2,1-4H3. The van der Waals surface area contributed by atoms with E-state index < -0.39 is 0 Å². The minimum Gasteiger partial charge on any atom is -0.497 e. The molecule has 0 aliphatic carbocycles. The fraction of sp³-hybridized carbons (Fsp3) is 0.273. The number of hydrogen-bond acceptors (Lipinski definition) is 5. The number of carbonyl (C=O) groups excluding carboxylic acids is 1. The molecule has 0 fully saturated rings. The van der Waals surface area contributed by atoms with Crippen LogP contribution < -0.4 is 4.74 Å². The molecule has 0 atom stereocenters. The lowest BCUT2D eigenvalue weighted by molar-refractivity contribution is -0.130. The molecule has 0 N–H and O–H groups in total.